The normalized spacial score (nSPS) is 16.8. The fraction of sp³-hybridized carbons (Fsp3) is 0.312. The number of rotatable bonds is 3. The van der Waals surface area contributed by atoms with Crippen LogP contribution in [0.3, 0.4) is 0 Å². The highest BCUT2D eigenvalue weighted by Gasteiger charge is 2.22. The lowest BCUT2D eigenvalue weighted by molar-refractivity contribution is 0.273. The van der Waals surface area contributed by atoms with Crippen molar-refractivity contribution in [2.75, 3.05) is 19.0 Å². The molecule has 1 aromatic heterocycles. The van der Waals surface area contributed by atoms with Crippen molar-refractivity contribution in [1.82, 2.24) is 4.98 Å². The summed E-state index contributed by atoms with van der Waals surface area (Å²) in [7, 11) is 1.68. The monoisotopic (exact) mass is 348 g/mol. The number of halogens is 1. The summed E-state index contributed by atoms with van der Waals surface area (Å²) < 4.78 is 11.9. The van der Waals surface area contributed by atoms with E-state index in [0.717, 1.165) is 39.3 Å². The Morgan fingerprint density at radius 3 is 3.00 bits per heavy atom. The lowest BCUT2D eigenvalue weighted by atomic mass is 10.00. The number of fused-ring (bicyclic) bond motifs is 1. The summed E-state index contributed by atoms with van der Waals surface area (Å²) in [6.07, 6.45) is 2.75. The predicted octanol–water partition coefficient (Wildman–Crippen LogP) is 4.10. The van der Waals surface area contributed by atoms with E-state index in [1.54, 1.807) is 7.11 Å². The van der Waals surface area contributed by atoms with Crippen LogP contribution in [0.1, 0.15) is 23.6 Å². The van der Waals surface area contributed by atoms with E-state index in [1.807, 2.05) is 31.3 Å². The summed E-state index contributed by atoms with van der Waals surface area (Å²) in [5.74, 6) is 1.76. The minimum absolute atomic E-state index is 0.200. The third-order valence-electron chi connectivity index (χ3n) is 3.61. The summed E-state index contributed by atoms with van der Waals surface area (Å²) in [5, 5.41) is 3.54. The highest BCUT2D eigenvalue weighted by Crippen LogP contribution is 2.36. The average Bonchev–Trinajstić information content (AvgIpc) is 2.51. The zero-order chi connectivity index (χ0) is 14.8. The Kier molecular flexibility index (Phi) is 4.01. The van der Waals surface area contributed by atoms with E-state index in [4.69, 9.17) is 9.47 Å². The fourth-order valence-electron chi connectivity index (χ4n) is 2.49. The molecule has 5 heteroatoms. The molecule has 0 amide bonds. The van der Waals surface area contributed by atoms with Gasteiger partial charge in [0.15, 0.2) is 0 Å². The molecule has 1 atom stereocenters. The second-order valence-corrected chi connectivity index (χ2v) is 5.82. The van der Waals surface area contributed by atoms with Crippen molar-refractivity contribution in [2.45, 2.75) is 19.4 Å². The first-order valence-corrected chi connectivity index (χ1v) is 7.66. The quantitative estimate of drug-likeness (QED) is 0.848. The molecular weight excluding hydrogens is 332 g/mol. The van der Waals surface area contributed by atoms with Gasteiger partial charge in [-0.3, -0.25) is 0 Å². The summed E-state index contributed by atoms with van der Waals surface area (Å²) in [6, 6.07) is 8.21. The average molecular weight is 349 g/mol. The number of benzene rings is 1. The number of hydrogen-bond acceptors (Lipinski definition) is 4. The molecule has 21 heavy (non-hydrogen) atoms. The molecule has 4 nitrogen and oxygen atoms in total. The largest absolute Gasteiger partial charge is 0.497 e. The minimum atomic E-state index is 0.200. The highest BCUT2D eigenvalue weighted by atomic mass is 79.9. The van der Waals surface area contributed by atoms with E-state index in [-0.39, 0.29) is 6.04 Å². The number of aromatic nitrogens is 1. The zero-order valence-electron chi connectivity index (χ0n) is 12.0. The molecule has 1 unspecified atom stereocenters. The van der Waals surface area contributed by atoms with E-state index in [0.29, 0.717) is 6.61 Å². The topological polar surface area (TPSA) is 43.4 Å². The molecule has 0 bridgehead atoms. The summed E-state index contributed by atoms with van der Waals surface area (Å²) in [6.45, 7) is 2.74. The SMILES string of the molecule is COc1ccc2c(c1)C(Nc1cnc(Br)c(C)c1)CCO2. The van der Waals surface area contributed by atoms with E-state index < -0.39 is 0 Å². The van der Waals surface area contributed by atoms with E-state index in [9.17, 15) is 0 Å². The molecule has 110 valence electrons. The number of ether oxygens (including phenoxy) is 2. The zero-order valence-corrected chi connectivity index (χ0v) is 13.6. The number of hydrogen-bond donors (Lipinski definition) is 1. The van der Waals surface area contributed by atoms with Crippen molar-refractivity contribution in [3.8, 4) is 11.5 Å². The maximum Gasteiger partial charge on any atom is 0.124 e. The number of methoxy groups -OCH3 is 1. The number of nitrogens with zero attached hydrogens (tertiary/aromatic N) is 1. The van der Waals surface area contributed by atoms with Gasteiger partial charge in [0.25, 0.3) is 0 Å². The second-order valence-electron chi connectivity index (χ2n) is 5.07. The van der Waals surface area contributed by atoms with Gasteiger partial charge < -0.3 is 14.8 Å². The van der Waals surface area contributed by atoms with Crippen molar-refractivity contribution in [3.05, 3.63) is 46.2 Å². The maximum absolute atomic E-state index is 5.72. The molecule has 0 saturated heterocycles. The molecule has 0 radical (unpaired) electrons. The molecule has 0 fully saturated rings. The van der Waals surface area contributed by atoms with Crippen molar-refractivity contribution < 1.29 is 9.47 Å². The lowest BCUT2D eigenvalue weighted by Gasteiger charge is -2.28. The van der Waals surface area contributed by atoms with Gasteiger partial charge in [-0.1, -0.05) is 0 Å². The second kappa shape index (κ2) is 5.93. The van der Waals surface area contributed by atoms with Gasteiger partial charge in [0.1, 0.15) is 16.1 Å². The Balaban J connectivity index is 1.88. The van der Waals surface area contributed by atoms with Crippen LogP contribution in [0, 0.1) is 6.92 Å². The Hall–Kier alpha value is -1.75. The van der Waals surface area contributed by atoms with Gasteiger partial charge >= 0.3 is 0 Å². The number of anilines is 1. The van der Waals surface area contributed by atoms with Gasteiger partial charge in [-0.05, 0) is 52.7 Å². The van der Waals surface area contributed by atoms with E-state index >= 15 is 0 Å². The predicted molar refractivity (Wildman–Crippen MR) is 86.1 cm³/mol. The van der Waals surface area contributed by atoms with Crippen LogP contribution in [-0.4, -0.2) is 18.7 Å². The molecule has 0 aliphatic carbocycles. The molecule has 3 rings (SSSR count). The van der Waals surface area contributed by atoms with Crippen LogP contribution in [-0.2, 0) is 0 Å². The molecule has 1 aliphatic heterocycles. The van der Waals surface area contributed by atoms with Gasteiger partial charge in [0.05, 0.1) is 31.6 Å². The van der Waals surface area contributed by atoms with Crippen molar-refractivity contribution in [3.63, 3.8) is 0 Å². The lowest BCUT2D eigenvalue weighted by Crippen LogP contribution is -2.20. The van der Waals surface area contributed by atoms with Gasteiger partial charge in [-0.15, -0.1) is 0 Å². The van der Waals surface area contributed by atoms with Gasteiger partial charge in [0, 0.05) is 12.0 Å². The number of pyridine rings is 1. The van der Waals surface area contributed by atoms with Crippen molar-refractivity contribution in [1.29, 1.82) is 0 Å². The molecule has 1 aromatic carbocycles. The van der Waals surface area contributed by atoms with Crippen LogP contribution in [0.25, 0.3) is 0 Å². The third-order valence-corrected chi connectivity index (χ3v) is 4.44. The van der Waals surface area contributed by atoms with Gasteiger partial charge in [0.2, 0.25) is 0 Å². The Bertz CT molecular complexity index is 661. The van der Waals surface area contributed by atoms with Crippen LogP contribution in [0.5, 0.6) is 11.5 Å². The van der Waals surface area contributed by atoms with Gasteiger partial charge in [-0.25, -0.2) is 4.98 Å². The summed E-state index contributed by atoms with van der Waals surface area (Å²) in [4.78, 5) is 4.33. The van der Waals surface area contributed by atoms with Crippen LogP contribution >= 0.6 is 15.9 Å². The summed E-state index contributed by atoms with van der Waals surface area (Å²) >= 11 is 3.42. The molecule has 2 aromatic rings. The van der Waals surface area contributed by atoms with Crippen LogP contribution in [0.15, 0.2) is 35.1 Å². The summed E-state index contributed by atoms with van der Waals surface area (Å²) in [5.41, 5.74) is 3.25. The van der Waals surface area contributed by atoms with Crippen molar-refractivity contribution >= 4 is 21.6 Å². The molecule has 0 saturated carbocycles. The number of aryl methyl sites for hydroxylation is 1. The first-order valence-electron chi connectivity index (χ1n) is 6.87. The Morgan fingerprint density at radius 2 is 2.24 bits per heavy atom. The maximum atomic E-state index is 5.72. The van der Waals surface area contributed by atoms with Crippen LogP contribution in [0.2, 0.25) is 0 Å². The smallest absolute Gasteiger partial charge is 0.124 e. The first kappa shape index (κ1) is 14.2. The van der Waals surface area contributed by atoms with Gasteiger partial charge in [-0.2, -0.15) is 0 Å². The van der Waals surface area contributed by atoms with E-state index in [2.05, 4.69) is 32.3 Å². The molecule has 1 aliphatic rings. The fourth-order valence-corrected chi connectivity index (χ4v) is 2.70. The molecule has 1 N–H and O–H groups in total. The molecular formula is C16H17BrN2O2. The van der Waals surface area contributed by atoms with Crippen LogP contribution in [0.4, 0.5) is 5.69 Å². The third kappa shape index (κ3) is 2.97. The number of nitrogens with one attached hydrogen (secondary N) is 1. The Labute approximate surface area is 132 Å². The Morgan fingerprint density at radius 1 is 1.38 bits per heavy atom. The molecule has 0 spiro atoms. The first-order chi connectivity index (χ1) is 10.2. The standard InChI is InChI=1S/C16H17BrN2O2/c1-10-7-11(9-18-16(10)17)19-14-5-6-21-15-4-3-12(20-2)8-13(14)15/h3-4,7-9,14,19H,5-6H2,1-2H3. The van der Waals surface area contributed by atoms with Crippen LogP contribution < -0.4 is 14.8 Å². The molecule has 2 heterocycles. The minimum Gasteiger partial charge on any atom is -0.497 e. The van der Waals surface area contributed by atoms with Crippen molar-refractivity contribution in [2.24, 2.45) is 0 Å². The highest BCUT2D eigenvalue weighted by molar-refractivity contribution is 9.10. The van der Waals surface area contributed by atoms with E-state index in [1.165, 1.54) is 0 Å².